The van der Waals surface area contributed by atoms with E-state index < -0.39 is 6.04 Å². The number of hydrogen-bond donors (Lipinski definition) is 1. The summed E-state index contributed by atoms with van der Waals surface area (Å²) >= 11 is 0. The quantitative estimate of drug-likeness (QED) is 0.402. The maximum atomic E-state index is 14.0. The molecule has 4 nitrogen and oxygen atoms in total. The summed E-state index contributed by atoms with van der Waals surface area (Å²) in [6, 6.07) is 27.9. The van der Waals surface area contributed by atoms with Crippen molar-refractivity contribution < 1.29 is 9.59 Å². The highest BCUT2D eigenvalue weighted by Gasteiger charge is 2.32. The fourth-order valence-corrected chi connectivity index (χ4v) is 4.47. The fraction of sp³-hybridized carbons (Fsp3) is 0.355. The Kier molecular flexibility index (Phi) is 8.86. The number of nitrogens with zero attached hydrogens (tertiary/aromatic N) is 1. The molecule has 3 rings (SSSR count). The lowest BCUT2D eigenvalue weighted by atomic mass is 9.88. The average molecular weight is 471 g/mol. The van der Waals surface area contributed by atoms with Crippen molar-refractivity contribution in [2.45, 2.75) is 71.5 Å². The third-order valence-electron chi connectivity index (χ3n) is 6.10. The fourth-order valence-electron chi connectivity index (χ4n) is 4.47. The molecule has 0 aliphatic carbocycles. The molecule has 35 heavy (non-hydrogen) atoms. The Morgan fingerprint density at radius 3 is 1.91 bits per heavy atom. The van der Waals surface area contributed by atoms with Crippen molar-refractivity contribution in [2.24, 2.45) is 0 Å². The molecule has 0 bridgehead atoms. The van der Waals surface area contributed by atoms with E-state index in [4.69, 9.17) is 0 Å². The van der Waals surface area contributed by atoms with Crippen molar-refractivity contribution in [1.82, 2.24) is 10.2 Å². The third kappa shape index (κ3) is 7.54. The second-order valence-electron chi connectivity index (χ2n) is 10.3. The summed E-state index contributed by atoms with van der Waals surface area (Å²) in [6.45, 7) is 10.3. The van der Waals surface area contributed by atoms with E-state index >= 15 is 0 Å². The van der Waals surface area contributed by atoms with Gasteiger partial charge in [-0.3, -0.25) is 9.59 Å². The predicted octanol–water partition coefficient (Wildman–Crippen LogP) is 6.24. The van der Waals surface area contributed by atoms with Gasteiger partial charge in [0.05, 0.1) is 0 Å². The van der Waals surface area contributed by atoms with Crippen molar-refractivity contribution in [3.05, 3.63) is 107 Å². The summed E-state index contributed by atoms with van der Waals surface area (Å²) in [7, 11) is 0. The molecule has 1 unspecified atom stereocenters. The van der Waals surface area contributed by atoms with Gasteiger partial charge < -0.3 is 10.2 Å². The van der Waals surface area contributed by atoms with Crippen LogP contribution in [0, 0.1) is 6.92 Å². The van der Waals surface area contributed by atoms with Crippen molar-refractivity contribution in [2.75, 3.05) is 0 Å². The van der Waals surface area contributed by atoms with Crippen molar-refractivity contribution in [3.63, 3.8) is 0 Å². The van der Waals surface area contributed by atoms with E-state index in [-0.39, 0.29) is 23.3 Å². The number of carbonyl (C=O) groups is 2. The minimum Gasteiger partial charge on any atom is -0.350 e. The lowest BCUT2D eigenvalue weighted by Gasteiger charge is -2.34. The lowest BCUT2D eigenvalue weighted by Crippen LogP contribution is -2.53. The molecule has 0 saturated carbocycles. The molecule has 0 heterocycles. The van der Waals surface area contributed by atoms with Crippen LogP contribution in [0.15, 0.2) is 84.9 Å². The number of amides is 2. The molecule has 0 aliphatic rings. The van der Waals surface area contributed by atoms with E-state index in [1.165, 1.54) is 0 Å². The standard InChI is InChI=1S/C31H38N2O2/c1-6-28(30(35)32-31(3,4)5)33(22-24-15-13-14-23(2)20-24)29(34)21-27(25-16-9-7-10-17-25)26-18-11-8-12-19-26/h7-20,27-28H,6,21-22H2,1-5H3,(H,32,35). The van der Waals surface area contributed by atoms with Gasteiger partial charge in [0.25, 0.3) is 0 Å². The second kappa shape index (κ2) is 11.8. The minimum absolute atomic E-state index is 0.0277. The normalized spacial score (nSPS) is 12.3. The van der Waals surface area contributed by atoms with Crippen molar-refractivity contribution in [1.29, 1.82) is 0 Å². The SMILES string of the molecule is CCC(C(=O)NC(C)(C)C)N(Cc1cccc(C)c1)C(=O)CC(c1ccccc1)c1ccccc1. The number of aryl methyl sites for hydroxylation is 1. The highest BCUT2D eigenvalue weighted by atomic mass is 16.2. The van der Waals surface area contributed by atoms with Gasteiger partial charge in [0, 0.05) is 24.4 Å². The van der Waals surface area contributed by atoms with E-state index in [1.807, 2.05) is 89.2 Å². The predicted molar refractivity (Wildman–Crippen MR) is 143 cm³/mol. The Hall–Kier alpha value is -3.40. The van der Waals surface area contributed by atoms with Crippen LogP contribution < -0.4 is 5.32 Å². The first-order valence-electron chi connectivity index (χ1n) is 12.4. The monoisotopic (exact) mass is 470 g/mol. The van der Waals surface area contributed by atoms with E-state index in [0.29, 0.717) is 19.4 Å². The van der Waals surface area contributed by atoms with Gasteiger partial charge in [-0.1, -0.05) is 97.4 Å². The Labute approximate surface area is 210 Å². The van der Waals surface area contributed by atoms with Crippen LogP contribution in [0.1, 0.15) is 68.7 Å². The molecule has 3 aromatic rings. The zero-order valence-corrected chi connectivity index (χ0v) is 21.6. The first-order chi connectivity index (χ1) is 16.7. The van der Waals surface area contributed by atoms with Crippen LogP contribution in [-0.4, -0.2) is 28.3 Å². The number of carbonyl (C=O) groups excluding carboxylic acids is 2. The summed E-state index contributed by atoms with van der Waals surface area (Å²) < 4.78 is 0. The minimum atomic E-state index is -0.547. The maximum absolute atomic E-state index is 14.0. The molecule has 184 valence electrons. The highest BCUT2D eigenvalue weighted by Crippen LogP contribution is 2.29. The summed E-state index contributed by atoms with van der Waals surface area (Å²) in [5.74, 6) is -0.231. The van der Waals surface area contributed by atoms with E-state index in [9.17, 15) is 9.59 Å². The summed E-state index contributed by atoms with van der Waals surface area (Å²) in [5, 5.41) is 3.09. The molecular formula is C31H38N2O2. The number of rotatable bonds is 9. The molecule has 1 atom stereocenters. The van der Waals surface area contributed by atoms with Gasteiger partial charge in [0.15, 0.2) is 0 Å². The smallest absolute Gasteiger partial charge is 0.243 e. The number of hydrogen-bond acceptors (Lipinski definition) is 2. The zero-order chi connectivity index (χ0) is 25.4. The molecule has 3 aromatic carbocycles. The van der Waals surface area contributed by atoms with Crippen molar-refractivity contribution in [3.8, 4) is 0 Å². The van der Waals surface area contributed by atoms with Gasteiger partial charge in [-0.05, 0) is 50.8 Å². The number of benzene rings is 3. The van der Waals surface area contributed by atoms with Gasteiger partial charge in [-0.15, -0.1) is 0 Å². The first kappa shape index (κ1) is 26.2. The van der Waals surface area contributed by atoms with Crippen LogP contribution in [-0.2, 0) is 16.1 Å². The van der Waals surface area contributed by atoms with Crippen LogP contribution >= 0.6 is 0 Å². The third-order valence-corrected chi connectivity index (χ3v) is 6.10. The van der Waals surface area contributed by atoms with Gasteiger partial charge >= 0.3 is 0 Å². The average Bonchev–Trinajstić information content (AvgIpc) is 2.82. The molecule has 0 spiro atoms. The zero-order valence-electron chi connectivity index (χ0n) is 21.6. The van der Waals surface area contributed by atoms with Crippen LogP contribution in [0.2, 0.25) is 0 Å². The van der Waals surface area contributed by atoms with Gasteiger partial charge in [0.1, 0.15) is 6.04 Å². The first-order valence-corrected chi connectivity index (χ1v) is 12.4. The van der Waals surface area contributed by atoms with Crippen LogP contribution in [0.4, 0.5) is 0 Å². The topological polar surface area (TPSA) is 49.4 Å². The molecular weight excluding hydrogens is 432 g/mol. The molecule has 2 amide bonds. The van der Waals surface area contributed by atoms with Gasteiger partial charge in [-0.25, -0.2) is 0 Å². The second-order valence-corrected chi connectivity index (χ2v) is 10.3. The molecule has 0 radical (unpaired) electrons. The molecule has 0 aliphatic heterocycles. The van der Waals surface area contributed by atoms with Gasteiger partial charge in [0.2, 0.25) is 11.8 Å². The van der Waals surface area contributed by atoms with E-state index in [0.717, 1.165) is 22.3 Å². The van der Waals surface area contributed by atoms with Crippen LogP contribution in [0.3, 0.4) is 0 Å². The molecule has 0 saturated heterocycles. The van der Waals surface area contributed by atoms with Gasteiger partial charge in [-0.2, -0.15) is 0 Å². The van der Waals surface area contributed by atoms with E-state index in [2.05, 4.69) is 35.6 Å². The Balaban J connectivity index is 1.97. The largest absolute Gasteiger partial charge is 0.350 e. The summed E-state index contributed by atoms with van der Waals surface area (Å²) in [4.78, 5) is 29.1. The summed E-state index contributed by atoms with van der Waals surface area (Å²) in [6.07, 6.45) is 0.833. The maximum Gasteiger partial charge on any atom is 0.243 e. The molecule has 0 aromatic heterocycles. The molecule has 1 N–H and O–H groups in total. The van der Waals surface area contributed by atoms with Crippen LogP contribution in [0.25, 0.3) is 0 Å². The van der Waals surface area contributed by atoms with Crippen molar-refractivity contribution >= 4 is 11.8 Å². The Morgan fingerprint density at radius 2 is 1.43 bits per heavy atom. The molecule has 0 fully saturated rings. The van der Waals surface area contributed by atoms with Crippen LogP contribution in [0.5, 0.6) is 0 Å². The summed E-state index contributed by atoms with van der Waals surface area (Å²) in [5.41, 5.74) is 3.97. The lowest BCUT2D eigenvalue weighted by molar-refractivity contribution is -0.142. The van der Waals surface area contributed by atoms with E-state index in [1.54, 1.807) is 4.90 Å². The Morgan fingerprint density at radius 1 is 0.857 bits per heavy atom. The Bertz CT molecular complexity index is 1060. The highest BCUT2D eigenvalue weighted by molar-refractivity contribution is 5.88. The molecule has 4 heteroatoms. The number of nitrogens with one attached hydrogen (secondary N) is 1.